The molecule has 0 atom stereocenters. The number of aryl methyl sites for hydroxylation is 1. The van der Waals surface area contributed by atoms with Crippen LogP contribution in [0, 0.1) is 6.92 Å². The molecule has 2 N–H and O–H groups in total. The van der Waals surface area contributed by atoms with Crippen LogP contribution in [0.3, 0.4) is 0 Å². The van der Waals surface area contributed by atoms with Crippen molar-refractivity contribution in [2.75, 3.05) is 5.32 Å². The molecule has 9 heteroatoms. The van der Waals surface area contributed by atoms with Crippen LogP contribution >= 0.6 is 35.0 Å². The Balaban J connectivity index is 1.56. The number of anilines is 1. The predicted molar refractivity (Wildman–Crippen MR) is 134 cm³/mol. The number of halogens is 2. The van der Waals surface area contributed by atoms with Gasteiger partial charge in [-0.3, -0.25) is 4.57 Å². The van der Waals surface area contributed by atoms with E-state index in [2.05, 4.69) is 33.0 Å². The van der Waals surface area contributed by atoms with Crippen LogP contribution < -0.4 is 10.6 Å². The maximum absolute atomic E-state index is 12.4. The molecule has 2 amide bonds. The fraction of sp³-hybridized carbons (Fsp3) is 0.125. The molecule has 4 aromatic rings. The molecule has 0 aliphatic rings. The number of hydrogen-bond acceptors (Lipinski definition) is 4. The lowest BCUT2D eigenvalue weighted by molar-refractivity contribution is 0.251. The van der Waals surface area contributed by atoms with Crippen molar-refractivity contribution in [3.8, 4) is 5.69 Å². The van der Waals surface area contributed by atoms with Gasteiger partial charge in [0.05, 0.1) is 12.2 Å². The molecule has 0 aliphatic heterocycles. The number of carbonyl (C=O) groups is 1. The quantitative estimate of drug-likeness (QED) is 0.286. The van der Waals surface area contributed by atoms with Crippen molar-refractivity contribution in [3.63, 3.8) is 0 Å². The van der Waals surface area contributed by atoms with E-state index in [0.29, 0.717) is 21.6 Å². The monoisotopic (exact) mass is 497 g/mol. The number of amides is 2. The minimum atomic E-state index is -0.367. The number of carbonyl (C=O) groups excluding carboxylic acids is 1. The number of nitrogens with zero attached hydrogens (tertiary/aromatic N) is 3. The van der Waals surface area contributed by atoms with Crippen LogP contribution in [0.2, 0.25) is 10.0 Å². The lowest BCUT2D eigenvalue weighted by Gasteiger charge is -2.14. The molecule has 0 saturated carbocycles. The summed E-state index contributed by atoms with van der Waals surface area (Å²) >= 11 is 13.9. The first-order chi connectivity index (χ1) is 16.0. The van der Waals surface area contributed by atoms with Crippen LogP contribution in [-0.2, 0) is 12.3 Å². The smallest absolute Gasteiger partial charge is 0.319 e. The number of aromatic nitrogens is 3. The van der Waals surface area contributed by atoms with E-state index in [-0.39, 0.29) is 12.6 Å². The molecule has 0 aliphatic carbocycles. The van der Waals surface area contributed by atoms with E-state index >= 15 is 0 Å². The van der Waals surface area contributed by atoms with E-state index < -0.39 is 0 Å². The summed E-state index contributed by atoms with van der Waals surface area (Å²) in [5.41, 5.74) is 3.67. The van der Waals surface area contributed by atoms with Crippen LogP contribution in [0.15, 0.2) is 78.0 Å². The number of nitrogens with one attached hydrogen (secondary N) is 2. The third-order valence-electron chi connectivity index (χ3n) is 4.81. The highest BCUT2D eigenvalue weighted by molar-refractivity contribution is 7.98. The first kappa shape index (κ1) is 23.2. The third kappa shape index (κ3) is 6.07. The van der Waals surface area contributed by atoms with Crippen molar-refractivity contribution in [1.29, 1.82) is 0 Å². The van der Waals surface area contributed by atoms with Gasteiger partial charge in [0.2, 0.25) is 0 Å². The van der Waals surface area contributed by atoms with Crippen LogP contribution in [0.25, 0.3) is 5.69 Å². The minimum Gasteiger partial charge on any atom is -0.331 e. The van der Waals surface area contributed by atoms with Crippen LogP contribution in [-0.4, -0.2) is 20.8 Å². The molecule has 0 unspecified atom stereocenters. The molecule has 1 heterocycles. The number of urea groups is 1. The van der Waals surface area contributed by atoms with Gasteiger partial charge in [0.15, 0.2) is 11.0 Å². The average molecular weight is 498 g/mol. The molecule has 0 bridgehead atoms. The van der Waals surface area contributed by atoms with Gasteiger partial charge in [0, 0.05) is 21.5 Å². The maximum atomic E-state index is 12.4. The Morgan fingerprint density at radius 3 is 2.55 bits per heavy atom. The molecule has 0 radical (unpaired) electrons. The third-order valence-corrected chi connectivity index (χ3v) is 6.28. The normalized spacial score (nSPS) is 10.8. The summed E-state index contributed by atoms with van der Waals surface area (Å²) in [6, 6.07) is 22.4. The van der Waals surface area contributed by atoms with Crippen molar-refractivity contribution in [2.45, 2.75) is 24.4 Å². The SMILES string of the molecule is Cc1ccc(Cl)cc1-n1c(CNC(=O)Nc2cccc(Cl)c2)nnc1SCc1ccccc1. The van der Waals surface area contributed by atoms with Gasteiger partial charge < -0.3 is 10.6 Å². The molecule has 4 rings (SSSR count). The molecule has 1 aromatic heterocycles. The standard InChI is InChI=1S/C24H21Cl2N5OS/c1-16-10-11-19(26)13-21(16)31-22(14-27-23(32)28-20-9-5-8-18(25)12-20)29-30-24(31)33-15-17-6-3-2-4-7-17/h2-13H,14-15H2,1H3,(H2,27,28,32). The van der Waals surface area contributed by atoms with Crippen molar-refractivity contribution in [2.24, 2.45) is 0 Å². The molecular weight excluding hydrogens is 477 g/mol. The van der Waals surface area contributed by atoms with E-state index in [4.69, 9.17) is 23.2 Å². The fourth-order valence-corrected chi connectivity index (χ4v) is 4.47. The summed E-state index contributed by atoms with van der Waals surface area (Å²) in [6.45, 7) is 2.18. The summed E-state index contributed by atoms with van der Waals surface area (Å²) in [4.78, 5) is 12.4. The highest BCUT2D eigenvalue weighted by Crippen LogP contribution is 2.28. The van der Waals surface area contributed by atoms with Crippen LogP contribution in [0.5, 0.6) is 0 Å². The summed E-state index contributed by atoms with van der Waals surface area (Å²) in [5.74, 6) is 1.33. The summed E-state index contributed by atoms with van der Waals surface area (Å²) in [5, 5.41) is 16.2. The molecule has 0 spiro atoms. The van der Waals surface area contributed by atoms with E-state index in [1.807, 2.05) is 47.9 Å². The molecule has 168 valence electrons. The Bertz CT molecular complexity index is 1260. The molecular formula is C24H21Cl2N5OS. The second-order valence-electron chi connectivity index (χ2n) is 7.26. The Morgan fingerprint density at radius 2 is 1.76 bits per heavy atom. The van der Waals surface area contributed by atoms with Gasteiger partial charge >= 0.3 is 6.03 Å². The Hall–Kier alpha value is -3.00. The second kappa shape index (κ2) is 10.7. The van der Waals surface area contributed by atoms with Gasteiger partial charge in [-0.1, -0.05) is 77.4 Å². The lowest BCUT2D eigenvalue weighted by atomic mass is 10.2. The van der Waals surface area contributed by atoms with Crippen molar-refractivity contribution in [3.05, 3.63) is 99.8 Å². The summed E-state index contributed by atoms with van der Waals surface area (Å²) in [6.07, 6.45) is 0. The second-order valence-corrected chi connectivity index (χ2v) is 9.07. The van der Waals surface area contributed by atoms with Gasteiger partial charge in [-0.05, 0) is 48.4 Å². The van der Waals surface area contributed by atoms with E-state index in [9.17, 15) is 4.79 Å². The molecule has 0 saturated heterocycles. The van der Waals surface area contributed by atoms with E-state index in [0.717, 1.165) is 22.2 Å². The number of thioether (sulfide) groups is 1. The lowest BCUT2D eigenvalue weighted by Crippen LogP contribution is -2.29. The van der Waals surface area contributed by atoms with Gasteiger partial charge in [-0.2, -0.15) is 0 Å². The van der Waals surface area contributed by atoms with E-state index in [1.165, 1.54) is 5.56 Å². The first-order valence-corrected chi connectivity index (χ1v) is 11.9. The van der Waals surface area contributed by atoms with Crippen molar-refractivity contribution in [1.82, 2.24) is 20.1 Å². The molecule has 6 nitrogen and oxygen atoms in total. The summed E-state index contributed by atoms with van der Waals surface area (Å²) in [7, 11) is 0. The maximum Gasteiger partial charge on any atom is 0.319 e. The zero-order valence-electron chi connectivity index (χ0n) is 17.8. The van der Waals surface area contributed by atoms with Gasteiger partial charge in [0.25, 0.3) is 0 Å². The molecule has 3 aromatic carbocycles. The fourth-order valence-electron chi connectivity index (χ4n) is 3.20. The Kier molecular flexibility index (Phi) is 7.54. The van der Waals surface area contributed by atoms with E-state index in [1.54, 1.807) is 36.0 Å². The minimum absolute atomic E-state index is 0.178. The Labute approximate surface area is 206 Å². The van der Waals surface area contributed by atoms with Crippen LogP contribution in [0.4, 0.5) is 10.5 Å². The summed E-state index contributed by atoms with van der Waals surface area (Å²) < 4.78 is 1.94. The van der Waals surface area contributed by atoms with Gasteiger partial charge in [0.1, 0.15) is 0 Å². The topological polar surface area (TPSA) is 71.8 Å². The number of hydrogen-bond donors (Lipinski definition) is 2. The molecule has 33 heavy (non-hydrogen) atoms. The van der Waals surface area contributed by atoms with Crippen LogP contribution in [0.1, 0.15) is 17.0 Å². The van der Waals surface area contributed by atoms with Crippen molar-refractivity contribution < 1.29 is 4.79 Å². The highest BCUT2D eigenvalue weighted by Gasteiger charge is 2.17. The number of benzene rings is 3. The predicted octanol–water partition coefficient (Wildman–Crippen LogP) is 6.50. The zero-order valence-corrected chi connectivity index (χ0v) is 20.1. The Morgan fingerprint density at radius 1 is 0.970 bits per heavy atom. The van der Waals surface area contributed by atoms with Gasteiger partial charge in [-0.25, -0.2) is 4.79 Å². The molecule has 0 fully saturated rings. The largest absolute Gasteiger partial charge is 0.331 e. The first-order valence-electron chi connectivity index (χ1n) is 10.2. The highest BCUT2D eigenvalue weighted by atomic mass is 35.5. The number of rotatable bonds is 7. The van der Waals surface area contributed by atoms with Gasteiger partial charge in [-0.15, -0.1) is 10.2 Å². The van der Waals surface area contributed by atoms with Crippen molar-refractivity contribution >= 4 is 46.7 Å². The average Bonchev–Trinajstić information content (AvgIpc) is 3.21. The zero-order chi connectivity index (χ0) is 23.2.